The maximum absolute atomic E-state index is 7.19. The average molecular weight is 791 g/mol. The first kappa shape index (κ1) is 28.0. The summed E-state index contributed by atoms with van der Waals surface area (Å²) in [5.41, 5.74) is 4.22. The van der Waals surface area contributed by atoms with Crippen LogP contribution in [0.15, 0.2) is 130 Å². The molecule has 42 heavy (non-hydrogen) atoms. The van der Waals surface area contributed by atoms with E-state index in [-0.39, 0.29) is 12.1 Å². The SMILES string of the molecule is C[C@H](c1ccccc1)N([C@@H](C)c1ccccc1)p1oc2c(I)cc3ccccc3c2c2c(o1)c(I)cc1ccccc12. The molecular weight excluding hydrogens is 763 g/mol. The second-order valence-electron chi connectivity index (χ2n) is 10.5. The molecule has 7 rings (SSSR count). The molecule has 0 amide bonds. The zero-order chi connectivity index (χ0) is 28.8. The van der Waals surface area contributed by atoms with Crippen molar-refractivity contribution in [1.29, 1.82) is 0 Å². The van der Waals surface area contributed by atoms with E-state index in [2.05, 4.69) is 185 Å². The Bertz CT molecular complexity index is 1960. The van der Waals surface area contributed by atoms with Gasteiger partial charge in [0.25, 0.3) is 0 Å². The van der Waals surface area contributed by atoms with Gasteiger partial charge in [-0.15, -0.1) is 0 Å². The molecule has 0 saturated heterocycles. The summed E-state index contributed by atoms with van der Waals surface area (Å²) in [6, 6.07) is 43.1. The van der Waals surface area contributed by atoms with Crippen molar-refractivity contribution in [2.45, 2.75) is 25.9 Å². The summed E-state index contributed by atoms with van der Waals surface area (Å²) in [6.45, 7) is 4.51. The normalized spacial score (nSPS) is 13.3. The van der Waals surface area contributed by atoms with Crippen molar-refractivity contribution in [2.75, 3.05) is 4.67 Å². The zero-order valence-electron chi connectivity index (χ0n) is 23.2. The Balaban J connectivity index is 1.65. The topological polar surface area (TPSA) is 29.5 Å². The molecule has 0 spiro atoms. The minimum absolute atomic E-state index is 0.0359. The lowest BCUT2D eigenvalue weighted by molar-refractivity contribution is 0.557. The highest BCUT2D eigenvalue weighted by Gasteiger charge is 2.30. The van der Waals surface area contributed by atoms with E-state index in [4.69, 9.17) is 8.39 Å². The summed E-state index contributed by atoms with van der Waals surface area (Å²) in [4.78, 5) is 0. The monoisotopic (exact) mass is 791 g/mol. The van der Waals surface area contributed by atoms with E-state index < -0.39 is 8.16 Å². The molecule has 3 nitrogen and oxygen atoms in total. The van der Waals surface area contributed by atoms with E-state index in [1.54, 1.807) is 0 Å². The molecule has 1 heterocycles. The van der Waals surface area contributed by atoms with E-state index >= 15 is 0 Å². The van der Waals surface area contributed by atoms with Gasteiger partial charge in [0.1, 0.15) is 0 Å². The maximum atomic E-state index is 7.19. The molecule has 0 bridgehead atoms. The largest absolute Gasteiger partial charge is 0.407 e. The van der Waals surface area contributed by atoms with Crippen LogP contribution >= 0.6 is 53.3 Å². The van der Waals surface area contributed by atoms with E-state index in [9.17, 15) is 0 Å². The third kappa shape index (κ3) is 4.94. The Hall–Kier alpha value is -2.84. The number of halogens is 2. The lowest BCUT2D eigenvalue weighted by Gasteiger charge is -2.31. The molecule has 6 aromatic carbocycles. The predicted molar refractivity (Wildman–Crippen MR) is 195 cm³/mol. The van der Waals surface area contributed by atoms with Gasteiger partial charge in [0.2, 0.25) is 0 Å². The Morgan fingerprint density at radius 1 is 0.548 bits per heavy atom. The van der Waals surface area contributed by atoms with Crippen molar-refractivity contribution >= 4 is 96.8 Å². The number of nitrogens with zero attached hydrogens (tertiary/aromatic N) is 1. The van der Waals surface area contributed by atoms with Crippen LogP contribution in [-0.4, -0.2) is 0 Å². The molecule has 0 radical (unpaired) electrons. The van der Waals surface area contributed by atoms with Gasteiger partial charge < -0.3 is 8.39 Å². The van der Waals surface area contributed by atoms with Crippen molar-refractivity contribution in [3.8, 4) is 0 Å². The fourth-order valence-corrected chi connectivity index (χ4v) is 9.45. The standard InChI is InChI=1S/C36H28I2NO2P/c1-23(25-13-5-3-6-14-25)39(24(2)26-15-7-4-8-16-26)42-40-35-31(37)21-27-17-9-11-19-29(27)33(35)34-30-20-12-10-18-28(30)22-32(38)36(34)41-42/h3-24H,1-2H3/t23-,24+. The molecule has 208 valence electrons. The zero-order valence-corrected chi connectivity index (χ0v) is 28.4. The molecule has 6 heteroatoms. The van der Waals surface area contributed by atoms with Crippen LogP contribution in [0.25, 0.3) is 43.5 Å². The number of hydrogen-bond acceptors (Lipinski definition) is 3. The molecule has 0 aliphatic rings. The van der Waals surface area contributed by atoms with Crippen LogP contribution in [-0.2, 0) is 0 Å². The number of fused-ring (bicyclic) bond motifs is 7. The Morgan fingerprint density at radius 2 is 0.929 bits per heavy atom. The predicted octanol–water partition coefficient (Wildman–Crippen LogP) is 12.3. The van der Waals surface area contributed by atoms with Crippen molar-refractivity contribution in [1.82, 2.24) is 0 Å². The molecule has 0 fully saturated rings. The molecule has 1 aromatic heterocycles. The maximum Gasteiger partial charge on any atom is 0.310 e. The molecule has 0 N–H and O–H groups in total. The van der Waals surface area contributed by atoms with E-state index in [0.29, 0.717) is 0 Å². The first-order chi connectivity index (χ1) is 20.5. The quantitative estimate of drug-likeness (QED) is 0.163. The van der Waals surface area contributed by atoms with Crippen molar-refractivity contribution in [2.24, 2.45) is 0 Å². The van der Waals surface area contributed by atoms with E-state index in [1.807, 2.05) is 0 Å². The van der Waals surface area contributed by atoms with Gasteiger partial charge in [-0.1, -0.05) is 109 Å². The van der Waals surface area contributed by atoms with Crippen molar-refractivity contribution in [3.05, 3.63) is 140 Å². The van der Waals surface area contributed by atoms with Gasteiger partial charge in [-0.2, -0.15) is 4.67 Å². The molecule has 0 unspecified atom stereocenters. The van der Waals surface area contributed by atoms with Crippen LogP contribution in [0.1, 0.15) is 37.1 Å². The van der Waals surface area contributed by atoms with Gasteiger partial charge in [-0.3, -0.25) is 0 Å². The Morgan fingerprint density at radius 3 is 1.36 bits per heavy atom. The second-order valence-corrected chi connectivity index (χ2v) is 14.2. The van der Waals surface area contributed by atoms with Gasteiger partial charge in [0.05, 0.1) is 7.14 Å². The average Bonchev–Trinajstić information content (AvgIpc) is 3.21. The van der Waals surface area contributed by atoms with Crippen LogP contribution in [0, 0.1) is 7.14 Å². The summed E-state index contributed by atoms with van der Waals surface area (Å²) in [5, 5.41) is 6.92. The summed E-state index contributed by atoms with van der Waals surface area (Å²) in [5.74, 6) is 0. The van der Waals surface area contributed by atoms with Gasteiger partial charge in [0, 0.05) is 22.9 Å². The van der Waals surface area contributed by atoms with Crippen molar-refractivity contribution in [3.63, 3.8) is 0 Å². The number of hydrogen-bond donors (Lipinski definition) is 0. The van der Waals surface area contributed by atoms with Crippen LogP contribution in [0.2, 0.25) is 0 Å². The molecule has 0 aliphatic carbocycles. The first-order valence-corrected chi connectivity index (χ1v) is 17.3. The number of benzene rings is 6. The third-order valence-corrected chi connectivity index (χ3v) is 11.4. The van der Waals surface area contributed by atoms with Gasteiger partial charge in [-0.05, 0) is 104 Å². The third-order valence-electron chi connectivity index (χ3n) is 8.05. The fourth-order valence-electron chi connectivity index (χ4n) is 5.92. The highest BCUT2D eigenvalue weighted by Crippen LogP contribution is 2.49. The van der Waals surface area contributed by atoms with E-state index in [1.165, 1.54) is 32.7 Å². The number of rotatable bonds is 5. The van der Waals surface area contributed by atoms with Gasteiger partial charge in [0.15, 0.2) is 11.2 Å². The van der Waals surface area contributed by atoms with Crippen molar-refractivity contribution < 1.29 is 8.39 Å². The minimum atomic E-state index is -1.58. The van der Waals surface area contributed by atoms with Crippen LogP contribution in [0.4, 0.5) is 0 Å². The first-order valence-electron chi connectivity index (χ1n) is 14.0. The molecule has 0 saturated carbocycles. The molecule has 7 aromatic rings. The Kier molecular flexibility index (Phi) is 7.78. The highest BCUT2D eigenvalue weighted by atomic mass is 127. The lowest BCUT2D eigenvalue weighted by atomic mass is 9.99. The lowest BCUT2D eigenvalue weighted by Crippen LogP contribution is -2.27. The summed E-state index contributed by atoms with van der Waals surface area (Å²) >= 11 is 4.88. The molecule has 2 atom stereocenters. The van der Waals surface area contributed by atoms with Gasteiger partial charge in [-0.25, -0.2) is 0 Å². The van der Waals surface area contributed by atoms with Crippen LogP contribution < -0.4 is 4.67 Å². The fraction of sp³-hybridized carbons (Fsp3) is 0.111. The molecular formula is C36H28I2NO2P. The summed E-state index contributed by atoms with van der Waals surface area (Å²) in [6.07, 6.45) is 0. The highest BCUT2D eigenvalue weighted by molar-refractivity contribution is 14.1. The summed E-state index contributed by atoms with van der Waals surface area (Å²) in [7, 11) is -1.58. The second kappa shape index (κ2) is 11.7. The van der Waals surface area contributed by atoms with E-state index in [0.717, 1.165) is 29.1 Å². The minimum Gasteiger partial charge on any atom is -0.407 e. The Labute approximate surface area is 273 Å². The smallest absolute Gasteiger partial charge is 0.310 e. The van der Waals surface area contributed by atoms with Crippen LogP contribution in [0.5, 0.6) is 0 Å². The molecule has 0 aliphatic heterocycles. The van der Waals surface area contributed by atoms with Crippen LogP contribution in [0.3, 0.4) is 0 Å². The summed E-state index contributed by atoms with van der Waals surface area (Å²) < 4.78 is 19.0. The van der Waals surface area contributed by atoms with Gasteiger partial charge >= 0.3 is 8.16 Å².